The van der Waals surface area contributed by atoms with Crippen molar-refractivity contribution >= 4 is 21.8 Å². The molecule has 6 nitrogen and oxygen atoms in total. The van der Waals surface area contributed by atoms with Crippen molar-refractivity contribution in [2.45, 2.75) is 24.8 Å². The number of imidazole rings is 1. The lowest BCUT2D eigenvalue weighted by Crippen LogP contribution is -2.33. The van der Waals surface area contributed by atoms with Gasteiger partial charge in [0.15, 0.2) is 0 Å². The molecule has 5 rings (SSSR count). The van der Waals surface area contributed by atoms with E-state index in [1.54, 1.807) is 37.4 Å². The van der Waals surface area contributed by atoms with Crippen molar-refractivity contribution in [1.82, 2.24) is 19.2 Å². The molecule has 1 amide bonds. The van der Waals surface area contributed by atoms with E-state index in [2.05, 4.69) is 11.0 Å². The molecule has 0 aliphatic carbocycles. The average Bonchev–Trinajstić information content (AvgIpc) is 3.08. The highest BCUT2D eigenvalue weighted by molar-refractivity contribution is 8.45. The fourth-order valence-corrected chi connectivity index (χ4v) is 5.56. The zero-order chi connectivity index (χ0) is 28.8. The minimum Gasteiger partial charge on any atom is -0.342 e. The highest BCUT2D eigenvalue weighted by Crippen LogP contribution is 3.02. The molecule has 4 aromatic rings. The number of aromatic nitrogens is 2. The highest BCUT2D eigenvalue weighted by Gasteiger charge is 2.65. The highest BCUT2D eigenvalue weighted by atomic mass is 32.5. The van der Waals surface area contributed by atoms with Crippen LogP contribution in [0.3, 0.4) is 0 Å². The number of nitriles is 1. The Kier molecular flexibility index (Phi) is 6.43. The number of benzene rings is 2. The van der Waals surface area contributed by atoms with Crippen LogP contribution in [0.4, 0.5) is 19.4 Å². The number of carbonyl (C=O) groups is 1. The predicted octanol–water partition coefficient (Wildman–Crippen LogP) is 7.25. The minimum atomic E-state index is -9.77. The Morgan fingerprint density at radius 3 is 2.15 bits per heavy atom. The first-order valence-electron chi connectivity index (χ1n) is 12.6. The average molecular weight is 576 g/mol. The lowest BCUT2D eigenvalue weighted by Gasteiger charge is -2.40. The molecule has 0 unspecified atom stereocenters. The second kappa shape index (κ2) is 9.31. The Hall–Kier alpha value is -3.95. The number of carbonyl (C=O) groups excluding carboxylic acids is 1. The quantitative estimate of drug-likeness (QED) is 0.235. The molecule has 0 bridgehead atoms. The van der Waals surface area contributed by atoms with Gasteiger partial charge in [-0.2, -0.15) is 5.26 Å². The van der Waals surface area contributed by atoms with Gasteiger partial charge < -0.3 is 9.30 Å². The van der Waals surface area contributed by atoms with Gasteiger partial charge in [-0.3, -0.25) is 9.69 Å². The van der Waals surface area contributed by atoms with Gasteiger partial charge in [-0.25, -0.2) is 4.98 Å². The van der Waals surface area contributed by atoms with Crippen LogP contribution in [0.25, 0.3) is 28.0 Å². The number of amides is 1. The molecule has 1 fully saturated rings. The molecule has 0 radical (unpaired) electrons. The molecule has 3 heterocycles. The number of pyridine rings is 1. The second-order valence-corrected chi connectivity index (χ2v) is 12.3. The van der Waals surface area contributed by atoms with E-state index in [-0.39, 0.29) is 5.91 Å². The zero-order valence-corrected chi connectivity index (χ0v) is 22.4. The second-order valence-electron chi connectivity index (χ2n) is 9.87. The Morgan fingerprint density at radius 1 is 0.875 bits per heavy atom. The molecule has 1 saturated heterocycles. The molecule has 0 spiro atoms. The van der Waals surface area contributed by atoms with Crippen molar-refractivity contribution in [1.29, 1.82) is 5.26 Å². The van der Waals surface area contributed by atoms with Crippen LogP contribution >= 0.6 is 10.2 Å². The first kappa shape index (κ1) is 27.6. The number of fused-ring (bicyclic) bond motifs is 1. The van der Waals surface area contributed by atoms with Crippen LogP contribution < -0.4 is 0 Å². The van der Waals surface area contributed by atoms with Gasteiger partial charge in [-0.1, -0.05) is 43.7 Å². The first-order chi connectivity index (χ1) is 18.7. The number of nitrogens with zero attached hydrogens (tertiary/aromatic N) is 5. The SMILES string of the molecule is CC(=O)N1CCCN(Cc2c(-c3ccc(C#N)cc3)nc3ccc(-c4ccc(S(F)(F)(F)(F)F)cc4)cn23)CC1. The fourth-order valence-electron chi connectivity index (χ4n) is 4.91. The summed E-state index contributed by atoms with van der Waals surface area (Å²) in [5.41, 5.74) is 4.28. The zero-order valence-electron chi connectivity index (χ0n) is 21.5. The summed E-state index contributed by atoms with van der Waals surface area (Å²) in [6.45, 7) is 4.68. The topological polar surface area (TPSA) is 64.6 Å². The number of hydrogen-bond acceptors (Lipinski definition) is 4. The van der Waals surface area contributed by atoms with E-state index >= 15 is 0 Å². The summed E-state index contributed by atoms with van der Waals surface area (Å²) in [4.78, 5) is 18.8. The van der Waals surface area contributed by atoms with Gasteiger partial charge >= 0.3 is 10.2 Å². The first-order valence-corrected chi connectivity index (χ1v) is 14.5. The molecule has 1 aliphatic rings. The molecule has 12 heteroatoms. The van der Waals surface area contributed by atoms with Crippen molar-refractivity contribution in [3.63, 3.8) is 0 Å². The van der Waals surface area contributed by atoms with Crippen molar-refractivity contribution < 1.29 is 24.2 Å². The standard InChI is InChI=1S/C28H26F5N5OS/c1-20(39)37-14-2-13-36(15-16-37)19-26-28(23-5-3-21(17-34)4-6-23)35-27-12-9-24(18-38(26)27)22-7-10-25(11-8-22)40(29,30,31,32)33/h3-12,18H,2,13-16,19H2,1H3. The van der Waals surface area contributed by atoms with E-state index in [9.17, 15) is 29.5 Å². The molecule has 210 valence electrons. The van der Waals surface area contributed by atoms with Crippen molar-refractivity contribution in [3.8, 4) is 28.5 Å². The maximum absolute atomic E-state index is 13.2. The van der Waals surface area contributed by atoms with E-state index < -0.39 is 15.1 Å². The Morgan fingerprint density at radius 2 is 1.52 bits per heavy atom. The summed E-state index contributed by atoms with van der Waals surface area (Å²) in [5.74, 6) is 0.0238. The van der Waals surface area contributed by atoms with Crippen LogP contribution in [0.15, 0.2) is 71.8 Å². The molecule has 40 heavy (non-hydrogen) atoms. The summed E-state index contributed by atoms with van der Waals surface area (Å²) >= 11 is 0. The summed E-state index contributed by atoms with van der Waals surface area (Å²) in [5, 5.41) is 9.19. The van der Waals surface area contributed by atoms with Gasteiger partial charge in [0.1, 0.15) is 10.5 Å². The number of halogens is 5. The maximum Gasteiger partial charge on any atom is 0.310 e. The molecular formula is C28H26F5N5OS. The molecule has 0 saturated carbocycles. The lowest BCUT2D eigenvalue weighted by atomic mass is 10.1. The largest absolute Gasteiger partial charge is 0.342 e. The monoisotopic (exact) mass is 575 g/mol. The summed E-state index contributed by atoms with van der Waals surface area (Å²) in [7, 11) is -9.77. The van der Waals surface area contributed by atoms with Gasteiger partial charge in [0, 0.05) is 51.4 Å². The van der Waals surface area contributed by atoms with Crippen LogP contribution in [-0.4, -0.2) is 51.3 Å². The molecule has 0 N–H and O–H groups in total. The van der Waals surface area contributed by atoms with Crippen LogP contribution in [-0.2, 0) is 11.3 Å². The molecular weight excluding hydrogens is 549 g/mol. The predicted molar refractivity (Wildman–Crippen MR) is 144 cm³/mol. The lowest BCUT2D eigenvalue weighted by molar-refractivity contribution is -0.128. The summed E-state index contributed by atoms with van der Waals surface area (Å²) in [6.07, 6.45) is 2.53. The minimum absolute atomic E-state index is 0.0238. The smallest absolute Gasteiger partial charge is 0.310 e. The Balaban J connectivity index is 1.56. The van der Waals surface area contributed by atoms with E-state index in [0.717, 1.165) is 36.4 Å². The third-order valence-electron chi connectivity index (χ3n) is 7.05. The van der Waals surface area contributed by atoms with Gasteiger partial charge in [-0.15, -0.1) is 0 Å². The number of rotatable bonds is 5. The molecule has 0 atom stereocenters. The van der Waals surface area contributed by atoms with Crippen LogP contribution in [0, 0.1) is 11.3 Å². The third kappa shape index (κ3) is 5.80. The van der Waals surface area contributed by atoms with Crippen LogP contribution in [0.1, 0.15) is 24.6 Å². The van der Waals surface area contributed by atoms with Crippen molar-refractivity contribution in [2.24, 2.45) is 0 Å². The summed E-state index contributed by atoms with van der Waals surface area (Å²) in [6, 6.07) is 15.4. The van der Waals surface area contributed by atoms with Gasteiger partial charge in [0.25, 0.3) is 0 Å². The fraction of sp³-hybridized carbons (Fsp3) is 0.250. The van der Waals surface area contributed by atoms with Gasteiger partial charge in [0.2, 0.25) is 5.91 Å². The van der Waals surface area contributed by atoms with E-state index in [1.165, 1.54) is 0 Å². The van der Waals surface area contributed by atoms with Crippen molar-refractivity contribution in [3.05, 3.63) is 78.1 Å². The van der Waals surface area contributed by atoms with Crippen LogP contribution in [0.5, 0.6) is 0 Å². The van der Waals surface area contributed by atoms with E-state index in [1.807, 2.05) is 21.4 Å². The molecule has 2 aromatic carbocycles. The Labute approximate surface area is 228 Å². The normalized spacial score (nSPS) is 16.7. The molecule has 2 aromatic heterocycles. The van der Waals surface area contributed by atoms with Gasteiger partial charge in [-0.05, 0) is 53.9 Å². The third-order valence-corrected chi connectivity index (χ3v) is 8.21. The number of hydrogen-bond donors (Lipinski definition) is 0. The summed E-state index contributed by atoms with van der Waals surface area (Å²) < 4.78 is 67.9. The van der Waals surface area contributed by atoms with E-state index in [4.69, 9.17) is 4.98 Å². The van der Waals surface area contributed by atoms with E-state index in [0.29, 0.717) is 66.3 Å². The maximum atomic E-state index is 13.2. The van der Waals surface area contributed by atoms with Gasteiger partial charge in [0.05, 0.1) is 23.0 Å². The van der Waals surface area contributed by atoms with Crippen molar-refractivity contribution in [2.75, 3.05) is 26.2 Å². The Bertz CT molecular complexity index is 1630. The molecule has 1 aliphatic heterocycles. The van der Waals surface area contributed by atoms with Crippen LogP contribution in [0.2, 0.25) is 0 Å².